The van der Waals surface area contributed by atoms with Crippen LogP contribution >= 0.6 is 0 Å². The molecule has 0 bridgehead atoms. The number of aromatic nitrogens is 2. The Balaban J connectivity index is 1.73. The maximum Gasteiger partial charge on any atom is 0.372 e. The van der Waals surface area contributed by atoms with Crippen molar-refractivity contribution in [2.75, 3.05) is 37.5 Å². The van der Waals surface area contributed by atoms with Crippen molar-refractivity contribution in [1.82, 2.24) is 9.97 Å². The smallest absolute Gasteiger partial charge is 0.372 e. The summed E-state index contributed by atoms with van der Waals surface area (Å²) in [6, 6.07) is 8.17. The normalized spacial score (nSPS) is 14.1. The third-order valence-electron chi connectivity index (χ3n) is 4.92. The third-order valence-corrected chi connectivity index (χ3v) is 5.52. The summed E-state index contributed by atoms with van der Waals surface area (Å²) < 4.78 is 32.2. The van der Waals surface area contributed by atoms with E-state index in [1.807, 2.05) is 17.0 Å². The lowest BCUT2D eigenvalue weighted by Gasteiger charge is -2.22. The van der Waals surface area contributed by atoms with Gasteiger partial charge in [0.15, 0.2) is 0 Å². The maximum atomic E-state index is 11.9. The van der Waals surface area contributed by atoms with E-state index in [1.54, 1.807) is 6.92 Å². The van der Waals surface area contributed by atoms with Gasteiger partial charge in [-0.2, -0.15) is 13.4 Å². The second kappa shape index (κ2) is 10.0. The Labute approximate surface area is 181 Å². The van der Waals surface area contributed by atoms with Gasteiger partial charge in [0.05, 0.1) is 24.4 Å². The van der Waals surface area contributed by atoms with Crippen LogP contribution in [0.4, 0.5) is 11.5 Å². The highest BCUT2D eigenvalue weighted by atomic mass is 32.2. The van der Waals surface area contributed by atoms with Crippen LogP contribution < -0.4 is 9.64 Å². The van der Waals surface area contributed by atoms with Crippen molar-refractivity contribution in [3.8, 4) is 5.88 Å². The molecule has 0 atom stereocenters. The second-order valence-corrected chi connectivity index (χ2v) is 8.99. The monoisotopic (exact) mass is 450 g/mol. The molecule has 11 heteroatoms. The lowest BCUT2D eigenvalue weighted by atomic mass is 10.0. The number of hydrogen-bond acceptors (Lipinski definition) is 9. The van der Waals surface area contributed by atoms with Crippen LogP contribution in [0.25, 0.3) is 0 Å². The number of benzene rings is 1. The number of rotatable bonds is 9. The summed E-state index contributed by atoms with van der Waals surface area (Å²) in [5.41, 5.74) is 2.24. The first-order valence-corrected chi connectivity index (χ1v) is 11.9. The number of hydrogen-bond donors (Lipinski definition) is 0. The van der Waals surface area contributed by atoms with Gasteiger partial charge in [0.25, 0.3) is 16.0 Å². The first-order chi connectivity index (χ1) is 14.7. The fourth-order valence-electron chi connectivity index (χ4n) is 3.47. The van der Waals surface area contributed by atoms with Crippen molar-refractivity contribution in [2.45, 2.75) is 32.6 Å². The zero-order chi connectivity index (χ0) is 22.4. The molecule has 0 unspecified atom stereocenters. The summed E-state index contributed by atoms with van der Waals surface area (Å²) in [7, 11) is -3.48. The molecule has 1 aromatic heterocycles. The fourth-order valence-corrected chi connectivity index (χ4v) is 3.89. The van der Waals surface area contributed by atoms with Crippen LogP contribution in [0.3, 0.4) is 0 Å². The van der Waals surface area contributed by atoms with Crippen LogP contribution in [0.2, 0.25) is 0 Å². The summed E-state index contributed by atoms with van der Waals surface area (Å²) >= 11 is 0. The molecule has 31 heavy (non-hydrogen) atoms. The molecule has 0 saturated carbocycles. The maximum absolute atomic E-state index is 11.9. The molecule has 3 rings (SSSR count). The molecular weight excluding hydrogens is 424 g/mol. The fraction of sp³-hybridized carbons (Fsp3) is 0.500. The van der Waals surface area contributed by atoms with Crippen molar-refractivity contribution in [3.05, 3.63) is 51.3 Å². The predicted molar refractivity (Wildman–Crippen MR) is 115 cm³/mol. The SMILES string of the molecule is Cc1nc(OCCCCOS(C)(=O)=O)c([N+](=O)[O-])c(N2CCc3ccccc3CC2)n1. The first kappa shape index (κ1) is 22.9. The van der Waals surface area contributed by atoms with E-state index in [2.05, 4.69) is 26.3 Å². The van der Waals surface area contributed by atoms with E-state index >= 15 is 0 Å². The Bertz CT molecular complexity index is 1020. The molecule has 1 aliphatic rings. The Morgan fingerprint density at radius 1 is 1.10 bits per heavy atom. The predicted octanol–water partition coefficient (Wildman–Crippen LogP) is 2.43. The summed E-state index contributed by atoms with van der Waals surface area (Å²) in [6.07, 6.45) is 3.42. The molecule has 0 amide bonds. The van der Waals surface area contributed by atoms with E-state index in [1.165, 1.54) is 11.1 Å². The molecule has 0 fully saturated rings. The molecule has 1 aliphatic heterocycles. The van der Waals surface area contributed by atoms with Crippen LogP contribution in [-0.4, -0.2) is 55.9 Å². The zero-order valence-corrected chi connectivity index (χ0v) is 18.4. The van der Waals surface area contributed by atoms with Gasteiger partial charge >= 0.3 is 5.69 Å². The van der Waals surface area contributed by atoms with E-state index in [0.717, 1.165) is 19.1 Å². The molecule has 2 heterocycles. The topological polar surface area (TPSA) is 125 Å². The molecule has 10 nitrogen and oxygen atoms in total. The number of fused-ring (bicyclic) bond motifs is 1. The first-order valence-electron chi connectivity index (χ1n) is 10.1. The van der Waals surface area contributed by atoms with Crippen molar-refractivity contribution >= 4 is 21.6 Å². The van der Waals surface area contributed by atoms with Crippen LogP contribution in [0.5, 0.6) is 5.88 Å². The summed E-state index contributed by atoms with van der Waals surface area (Å²) in [5.74, 6) is 0.580. The molecule has 1 aromatic carbocycles. The van der Waals surface area contributed by atoms with Gasteiger partial charge in [-0.1, -0.05) is 24.3 Å². The quantitative estimate of drug-likeness (QED) is 0.245. The zero-order valence-electron chi connectivity index (χ0n) is 17.6. The lowest BCUT2D eigenvalue weighted by Crippen LogP contribution is -2.28. The van der Waals surface area contributed by atoms with Crippen LogP contribution in [-0.2, 0) is 27.1 Å². The van der Waals surface area contributed by atoms with E-state index in [9.17, 15) is 18.5 Å². The average Bonchev–Trinajstić information content (AvgIpc) is 2.91. The number of unbranched alkanes of at least 4 members (excludes halogenated alkanes) is 1. The number of nitrogens with zero attached hydrogens (tertiary/aromatic N) is 4. The van der Waals surface area contributed by atoms with E-state index in [-0.39, 0.29) is 30.6 Å². The highest BCUT2D eigenvalue weighted by molar-refractivity contribution is 7.85. The molecule has 0 saturated heterocycles. The largest absolute Gasteiger partial charge is 0.473 e. The van der Waals surface area contributed by atoms with E-state index < -0.39 is 15.0 Å². The average molecular weight is 451 g/mol. The van der Waals surface area contributed by atoms with Crippen LogP contribution in [0.1, 0.15) is 29.8 Å². The molecule has 168 valence electrons. The van der Waals surface area contributed by atoms with E-state index in [4.69, 9.17) is 4.74 Å². The standard InChI is InChI=1S/C20H26N4O6S/c1-15-21-19(23-11-9-16-7-3-4-8-17(16)10-12-23)18(24(25)26)20(22-15)29-13-5-6-14-30-31(2,27)28/h3-4,7-8H,5-6,9-14H2,1-2H3. The van der Waals surface area contributed by atoms with Crippen molar-refractivity contribution < 1.29 is 22.3 Å². The number of ether oxygens (including phenoxy) is 1. The van der Waals surface area contributed by atoms with E-state index in [0.29, 0.717) is 31.8 Å². The summed E-state index contributed by atoms with van der Waals surface area (Å²) in [5, 5.41) is 11.9. The summed E-state index contributed by atoms with van der Waals surface area (Å²) in [4.78, 5) is 21.8. The molecule has 0 N–H and O–H groups in total. The molecule has 0 aliphatic carbocycles. The highest BCUT2D eigenvalue weighted by Gasteiger charge is 2.30. The Kier molecular flexibility index (Phi) is 7.39. The van der Waals surface area contributed by atoms with Crippen LogP contribution in [0.15, 0.2) is 24.3 Å². The number of aryl methyl sites for hydroxylation is 1. The molecular formula is C20H26N4O6S. The highest BCUT2D eigenvalue weighted by Crippen LogP contribution is 2.35. The van der Waals surface area contributed by atoms with Gasteiger partial charge in [0.2, 0.25) is 5.82 Å². The molecule has 0 spiro atoms. The minimum Gasteiger partial charge on any atom is -0.473 e. The van der Waals surface area contributed by atoms with Crippen molar-refractivity contribution in [1.29, 1.82) is 0 Å². The van der Waals surface area contributed by atoms with Gasteiger partial charge < -0.3 is 9.64 Å². The number of anilines is 1. The number of nitro groups is 1. The van der Waals surface area contributed by atoms with Crippen molar-refractivity contribution in [2.24, 2.45) is 0 Å². The Morgan fingerprint density at radius 3 is 2.29 bits per heavy atom. The Hall–Kier alpha value is -2.79. The van der Waals surface area contributed by atoms with Gasteiger partial charge in [-0.25, -0.2) is 4.98 Å². The van der Waals surface area contributed by atoms with Gasteiger partial charge in [0, 0.05) is 13.1 Å². The minimum absolute atomic E-state index is 0.0344. The lowest BCUT2D eigenvalue weighted by molar-refractivity contribution is -0.385. The van der Waals surface area contributed by atoms with Gasteiger partial charge in [-0.05, 0) is 43.7 Å². The van der Waals surface area contributed by atoms with Gasteiger partial charge in [-0.3, -0.25) is 14.3 Å². The van der Waals surface area contributed by atoms with Crippen LogP contribution in [0, 0.1) is 17.0 Å². The van der Waals surface area contributed by atoms with Crippen molar-refractivity contribution in [3.63, 3.8) is 0 Å². The summed E-state index contributed by atoms with van der Waals surface area (Å²) in [6.45, 7) is 3.07. The third kappa shape index (κ3) is 6.34. The molecule has 0 radical (unpaired) electrons. The second-order valence-electron chi connectivity index (χ2n) is 7.34. The minimum atomic E-state index is -3.48. The molecule has 2 aromatic rings. The Morgan fingerprint density at radius 2 is 1.71 bits per heavy atom. The van der Waals surface area contributed by atoms with Gasteiger partial charge in [-0.15, -0.1) is 0 Å². The van der Waals surface area contributed by atoms with Gasteiger partial charge in [0.1, 0.15) is 5.82 Å².